The highest BCUT2D eigenvalue weighted by atomic mass is 32.2. The van der Waals surface area contributed by atoms with Crippen molar-refractivity contribution in [2.45, 2.75) is 30.9 Å². The Kier molecular flexibility index (Phi) is 3.36. The summed E-state index contributed by atoms with van der Waals surface area (Å²) in [6, 6.07) is 0. The maximum atomic E-state index is 11.8. The number of aliphatic hydroxyl groups is 1. The first-order chi connectivity index (χ1) is 8.72. The minimum absolute atomic E-state index is 0.147. The van der Waals surface area contributed by atoms with Crippen molar-refractivity contribution in [2.24, 2.45) is 23.7 Å². The Morgan fingerprint density at radius 3 is 2.78 bits per heavy atom. The second kappa shape index (κ2) is 4.85. The zero-order chi connectivity index (χ0) is 12.7. The summed E-state index contributed by atoms with van der Waals surface area (Å²) >= 11 is 1.86. The fraction of sp³-hybridized carbons (Fsp3) is 0.846. The van der Waals surface area contributed by atoms with E-state index >= 15 is 0 Å². The first-order valence-corrected chi connectivity index (χ1v) is 7.75. The number of cyclic esters (lactones) is 2. The highest BCUT2D eigenvalue weighted by Crippen LogP contribution is 2.55. The Labute approximate surface area is 110 Å². The van der Waals surface area contributed by atoms with E-state index in [0.717, 1.165) is 31.4 Å². The van der Waals surface area contributed by atoms with Gasteiger partial charge in [0, 0.05) is 11.9 Å². The third-order valence-electron chi connectivity index (χ3n) is 4.62. The molecular weight excluding hydrogens is 252 g/mol. The lowest BCUT2D eigenvalue weighted by Gasteiger charge is -2.46. The third-order valence-corrected chi connectivity index (χ3v) is 6.11. The quantitative estimate of drug-likeness (QED) is 0.473. The van der Waals surface area contributed by atoms with Gasteiger partial charge in [0.25, 0.3) is 0 Å². The number of hydrogen-bond acceptors (Lipinski definition) is 5. The Bertz CT molecular complexity index is 370. The Morgan fingerprint density at radius 1 is 1.22 bits per heavy atom. The normalized spacial score (nSPS) is 41.9. The van der Waals surface area contributed by atoms with E-state index in [1.54, 1.807) is 0 Å². The Balaban J connectivity index is 1.72. The molecule has 100 valence electrons. The van der Waals surface area contributed by atoms with Crippen LogP contribution in [-0.4, -0.2) is 34.7 Å². The van der Waals surface area contributed by atoms with Gasteiger partial charge in [0.2, 0.25) is 0 Å². The van der Waals surface area contributed by atoms with Crippen LogP contribution in [0.2, 0.25) is 0 Å². The van der Waals surface area contributed by atoms with Gasteiger partial charge in [0.05, 0.1) is 11.8 Å². The van der Waals surface area contributed by atoms with Crippen LogP contribution in [0.4, 0.5) is 0 Å². The van der Waals surface area contributed by atoms with E-state index in [9.17, 15) is 9.59 Å². The number of ether oxygens (including phenoxy) is 1. The lowest BCUT2D eigenvalue weighted by atomic mass is 9.59. The minimum atomic E-state index is -0.285. The van der Waals surface area contributed by atoms with Gasteiger partial charge in [-0.3, -0.25) is 9.59 Å². The van der Waals surface area contributed by atoms with Gasteiger partial charge in [0.1, 0.15) is 0 Å². The number of aliphatic hydroxyl groups excluding tert-OH is 1. The summed E-state index contributed by atoms with van der Waals surface area (Å²) < 4.78 is 4.84. The van der Waals surface area contributed by atoms with Crippen LogP contribution in [0, 0.1) is 23.7 Å². The SMILES string of the molecule is O=C1OC(=O)C2C3CCC(CC3SCCCO)C12. The van der Waals surface area contributed by atoms with Gasteiger partial charge in [-0.2, -0.15) is 11.8 Å². The Morgan fingerprint density at radius 2 is 2.00 bits per heavy atom. The van der Waals surface area contributed by atoms with E-state index in [1.165, 1.54) is 0 Å². The van der Waals surface area contributed by atoms with Gasteiger partial charge in [-0.05, 0) is 43.3 Å². The van der Waals surface area contributed by atoms with Gasteiger partial charge >= 0.3 is 11.9 Å². The van der Waals surface area contributed by atoms with Crippen LogP contribution in [0.15, 0.2) is 0 Å². The number of thioether (sulfide) groups is 1. The van der Waals surface area contributed by atoms with Crippen LogP contribution >= 0.6 is 11.8 Å². The first-order valence-electron chi connectivity index (χ1n) is 6.70. The van der Waals surface area contributed by atoms with Crippen LogP contribution in [-0.2, 0) is 14.3 Å². The molecule has 0 amide bonds. The molecule has 0 radical (unpaired) electrons. The van der Waals surface area contributed by atoms with Crippen LogP contribution in [0.25, 0.3) is 0 Å². The lowest BCUT2D eigenvalue weighted by Crippen LogP contribution is -2.48. The van der Waals surface area contributed by atoms with Crippen LogP contribution in [0.3, 0.4) is 0 Å². The van der Waals surface area contributed by atoms with Crippen molar-refractivity contribution in [2.75, 3.05) is 12.4 Å². The van der Waals surface area contributed by atoms with Gasteiger partial charge in [-0.1, -0.05) is 0 Å². The molecule has 1 saturated heterocycles. The molecular formula is C13H18O4S. The van der Waals surface area contributed by atoms with Gasteiger partial charge in [-0.15, -0.1) is 0 Å². The molecule has 4 rings (SSSR count). The molecule has 5 heteroatoms. The maximum absolute atomic E-state index is 11.8. The van der Waals surface area contributed by atoms with E-state index in [2.05, 4.69) is 0 Å². The van der Waals surface area contributed by atoms with E-state index in [-0.39, 0.29) is 30.4 Å². The van der Waals surface area contributed by atoms with E-state index < -0.39 is 0 Å². The fourth-order valence-electron chi connectivity index (χ4n) is 3.87. The molecule has 0 aromatic heterocycles. The summed E-state index contributed by atoms with van der Waals surface area (Å²) in [4.78, 5) is 23.5. The maximum Gasteiger partial charge on any atom is 0.317 e. The van der Waals surface area contributed by atoms with E-state index in [0.29, 0.717) is 17.1 Å². The van der Waals surface area contributed by atoms with Crippen molar-refractivity contribution in [1.29, 1.82) is 0 Å². The lowest BCUT2D eigenvalue weighted by molar-refractivity contribution is -0.154. The highest BCUT2D eigenvalue weighted by Gasteiger charge is 2.59. The second-order valence-electron chi connectivity index (χ2n) is 5.52. The minimum Gasteiger partial charge on any atom is -0.396 e. The smallest absolute Gasteiger partial charge is 0.317 e. The van der Waals surface area contributed by atoms with Crippen molar-refractivity contribution in [1.82, 2.24) is 0 Å². The predicted molar refractivity (Wildman–Crippen MR) is 66.9 cm³/mol. The highest BCUT2D eigenvalue weighted by molar-refractivity contribution is 7.99. The average molecular weight is 270 g/mol. The average Bonchev–Trinajstić information content (AvgIpc) is 2.68. The number of esters is 2. The topological polar surface area (TPSA) is 63.6 Å². The molecule has 2 bridgehead atoms. The molecule has 5 unspecified atom stereocenters. The molecule has 4 nitrogen and oxygen atoms in total. The molecule has 0 aromatic carbocycles. The number of fused-ring (bicyclic) bond motifs is 2. The predicted octanol–water partition coefficient (Wildman–Crippen LogP) is 1.22. The van der Waals surface area contributed by atoms with Gasteiger partial charge < -0.3 is 9.84 Å². The van der Waals surface area contributed by atoms with Gasteiger partial charge in [0.15, 0.2) is 0 Å². The van der Waals surface area contributed by atoms with Crippen molar-refractivity contribution < 1.29 is 19.4 Å². The monoisotopic (exact) mass is 270 g/mol. The molecule has 0 aromatic rings. The van der Waals surface area contributed by atoms with Crippen LogP contribution in [0.5, 0.6) is 0 Å². The van der Waals surface area contributed by atoms with Crippen LogP contribution < -0.4 is 0 Å². The zero-order valence-corrected chi connectivity index (χ0v) is 11.0. The third kappa shape index (κ3) is 1.88. The molecule has 4 aliphatic rings. The molecule has 5 atom stereocenters. The molecule has 3 aliphatic carbocycles. The molecule has 3 saturated carbocycles. The van der Waals surface area contributed by atoms with Gasteiger partial charge in [-0.25, -0.2) is 0 Å². The van der Waals surface area contributed by atoms with Crippen molar-refractivity contribution in [3.63, 3.8) is 0 Å². The molecule has 1 heterocycles. The summed E-state index contributed by atoms with van der Waals surface area (Å²) in [5.74, 6) is 0.701. The fourth-order valence-corrected chi connectivity index (χ4v) is 5.40. The number of hydrogen-bond donors (Lipinski definition) is 1. The van der Waals surface area contributed by atoms with Crippen molar-refractivity contribution in [3.8, 4) is 0 Å². The number of carbonyl (C=O) groups is 2. The summed E-state index contributed by atoms with van der Waals surface area (Å²) in [5.41, 5.74) is 0. The van der Waals surface area contributed by atoms with Crippen molar-refractivity contribution >= 4 is 23.7 Å². The number of rotatable bonds is 4. The zero-order valence-electron chi connectivity index (χ0n) is 10.2. The number of carbonyl (C=O) groups excluding carboxylic acids is 2. The van der Waals surface area contributed by atoms with Crippen LogP contribution in [0.1, 0.15) is 25.7 Å². The molecule has 1 aliphatic heterocycles. The molecule has 0 spiro atoms. The summed E-state index contributed by atoms with van der Waals surface area (Å²) in [5, 5.41) is 9.29. The van der Waals surface area contributed by atoms with E-state index in [1.807, 2.05) is 11.8 Å². The molecule has 1 N–H and O–H groups in total. The summed E-state index contributed by atoms with van der Waals surface area (Å²) in [7, 11) is 0. The van der Waals surface area contributed by atoms with E-state index in [4.69, 9.17) is 9.84 Å². The summed E-state index contributed by atoms with van der Waals surface area (Å²) in [6.45, 7) is 0.223. The second-order valence-corrected chi connectivity index (χ2v) is 6.86. The standard InChI is InChI=1S/C13H18O4S/c14-4-1-5-18-9-6-7-2-3-8(9)11-10(7)12(15)17-13(11)16/h7-11,14H,1-6H2. The Hall–Kier alpha value is -0.550. The van der Waals surface area contributed by atoms with Crippen molar-refractivity contribution in [3.05, 3.63) is 0 Å². The molecule has 18 heavy (non-hydrogen) atoms. The first kappa shape index (κ1) is 12.5. The summed E-state index contributed by atoms with van der Waals surface area (Å²) in [6.07, 6.45) is 3.94. The largest absolute Gasteiger partial charge is 0.396 e. The molecule has 4 fully saturated rings.